The fraction of sp³-hybridized carbons (Fsp3) is 0.917. The summed E-state index contributed by atoms with van der Waals surface area (Å²) in [6.07, 6.45) is 6.93. The van der Waals surface area contributed by atoms with Crippen molar-refractivity contribution >= 4 is 0 Å². The first-order chi connectivity index (χ1) is 7.36. The topological polar surface area (TPSA) is 47.3 Å². The van der Waals surface area contributed by atoms with Crippen molar-refractivity contribution in [3.63, 3.8) is 0 Å². The van der Waals surface area contributed by atoms with E-state index in [1.807, 2.05) is 0 Å². The van der Waals surface area contributed by atoms with Crippen molar-refractivity contribution in [2.24, 2.45) is 5.92 Å². The Morgan fingerprint density at radius 2 is 2.00 bits per heavy atom. The van der Waals surface area contributed by atoms with E-state index < -0.39 is 0 Å². The molecule has 0 bridgehead atoms. The molecule has 0 radical (unpaired) electrons. The fourth-order valence-electron chi connectivity index (χ4n) is 3.15. The average molecular weight is 208 g/mol. The van der Waals surface area contributed by atoms with Gasteiger partial charge in [-0.3, -0.25) is 4.90 Å². The molecule has 15 heavy (non-hydrogen) atoms. The van der Waals surface area contributed by atoms with E-state index in [4.69, 9.17) is 5.26 Å². The van der Waals surface area contributed by atoms with Crippen LogP contribution in [0, 0.1) is 17.2 Å². The molecule has 1 saturated carbocycles. The van der Waals surface area contributed by atoms with Gasteiger partial charge in [-0.2, -0.15) is 5.26 Å². The fourth-order valence-corrected chi connectivity index (χ4v) is 3.15. The van der Waals surface area contributed by atoms with E-state index in [9.17, 15) is 5.11 Å². The third-order valence-corrected chi connectivity index (χ3v) is 3.95. The molecule has 3 unspecified atom stereocenters. The SMILES string of the molecule is N#CC1CCCCC1N1CCCC1CO. The second-order valence-corrected chi connectivity index (χ2v) is 4.80. The number of aliphatic hydroxyl groups excluding tert-OH is 1. The molecule has 2 aliphatic rings. The van der Waals surface area contributed by atoms with Crippen molar-refractivity contribution in [2.45, 2.75) is 50.6 Å². The van der Waals surface area contributed by atoms with Crippen molar-refractivity contribution in [3.05, 3.63) is 0 Å². The smallest absolute Gasteiger partial charge is 0.0672 e. The van der Waals surface area contributed by atoms with Crippen LogP contribution in [0.15, 0.2) is 0 Å². The molecule has 3 atom stereocenters. The number of hydrogen-bond donors (Lipinski definition) is 1. The Hall–Kier alpha value is -0.590. The standard InChI is InChI=1S/C12H20N2O/c13-8-10-4-1-2-6-12(10)14-7-3-5-11(14)9-15/h10-12,15H,1-7,9H2. The van der Waals surface area contributed by atoms with E-state index in [-0.39, 0.29) is 12.5 Å². The maximum atomic E-state index is 9.30. The van der Waals surface area contributed by atoms with Gasteiger partial charge in [-0.1, -0.05) is 12.8 Å². The number of likely N-dealkylation sites (tertiary alicyclic amines) is 1. The highest BCUT2D eigenvalue weighted by atomic mass is 16.3. The molecule has 1 saturated heterocycles. The molecule has 0 aromatic heterocycles. The van der Waals surface area contributed by atoms with Crippen molar-refractivity contribution in [2.75, 3.05) is 13.2 Å². The second-order valence-electron chi connectivity index (χ2n) is 4.80. The van der Waals surface area contributed by atoms with Crippen LogP contribution in [0.4, 0.5) is 0 Å². The van der Waals surface area contributed by atoms with Gasteiger partial charge in [-0.05, 0) is 32.2 Å². The summed E-state index contributed by atoms with van der Waals surface area (Å²) in [4.78, 5) is 2.40. The molecule has 0 amide bonds. The Labute approximate surface area is 91.7 Å². The minimum absolute atomic E-state index is 0.200. The minimum Gasteiger partial charge on any atom is -0.395 e. The second kappa shape index (κ2) is 4.96. The van der Waals surface area contributed by atoms with Crippen LogP contribution >= 0.6 is 0 Å². The monoisotopic (exact) mass is 208 g/mol. The van der Waals surface area contributed by atoms with Gasteiger partial charge in [0, 0.05) is 12.1 Å². The molecule has 1 aliphatic heterocycles. The molecule has 3 nitrogen and oxygen atoms in total. The molecule has 2 rings (SSSR count). The molecule has 0 aromatic carbocycles. The molecule has 1 heterocycles. The molecule has 3 heteroatoms. The Balaban J connectivity index is 2.04. The van der Waals surface area contributed by atoms with Crippen molar-refractivity contribution < 1.29 is 5.11 Å². The summed E-state index contributed by atoms with van der Waals surface area (Å²) in [5, 5.41) is 18.4. The van der Waals surface area contributed by atoms with Crippen LogP contribution in [0.1, 0.15) is 38.5 Å². The van der Waals surface area contributed by atoms with E-state index in [1.165, 1.54) is 19.3 Å². The van der Waals surface area contributed by atoms with E-state index in [1.54, 1.807) is 0 Å². The van der Waals surface area contributed by atoms with Gasteiger partial charge < -0.3 is 5.11 Å². The summed E-state index contributed by atoms with van der Waals surface area (Å²) in [6.45, 7) is 1.34. The van der Waals surface area contributed by atoms with E-state index in [0.717, 1.165) is 25.8 Å². The van der Waals surface area contributed by atoms with Gasteiger partial charge in [0.05, 0.1) is 18.6 Å². The first-order valence-electron chi connectivity index (χ1n) is 6.13. The van der Waals surface area contributed by atoms with Gasteiger partial charge in [-0.15, -0.1) is 0 Å². The molecule has 1 aliphatic carbocycles. The lowest BCUT2D eigenvalue weighted by molar-refractivity contribution is 0.0796. The van der Waals surface area contributed by atoms with Crippen LogP contribution in [0.5, 0.6) is 0 Å². The zero-order valence-corrected chi connectivity index (χ0v) is 9.23. The first-order valence-corrected chi connectivity index (χ1v) is 6.13. The summed E-state index contributed by atoms with van der Waals surface area (Å²) < 4.78 is 0. The molecule has 0 spiro atoms. The van der Waals surface area contributed by atoms with Crippen LogP contribution in [0.3, 0.4) is 0 Å². The highest BCUT2D eigenvalue weighted by Gasteiger charge is 2.36. The highest BCUT2D eigenvalue weighted by molar-refractivity contribution is 4.98. The van der Waals surface area contributed by atoms with Crippen molar-refractivity contribution in [3.8, 4) is 6.07 Å². The van der Waals surface area contributed by atoms with Gasteiger partial charge in [0.1, 0.15) is 0 Å². The Bertz CT molecular complexity index is 248. The Morgan fingerprint density at radius 3 is 2.73 bits per heavy atom. The van der Waals surface area contributed by atoms with Crippen LogP contribution in [-0.4, -0.2) is 35.2 Å². The lowest BCUT2D eigenvalue weighted by atomic mass is 9.84. The Kier molecular flexibility index (Phi) is 3.61. The summed E-state index contributed by atoms with van der Waals surface area (Å²) in [5.41, 5.74) is 0. The Morgan fingerprint density at radius 1 is 1.20 bits per heavy atom. The maximum Gasteiger partial charge on any atom is 0.0672 e. The normalized spacial score (nSPS) is 37.7. The minimum atomic E-state index is 0.200. The molecule has 84 valence electrons. The summed E-state index contributed by atoms with van der Waals surface area (Å²) >= 11 is 0. The first kappa shape index (κ1) is 10.9. The summed E-state index contributed by atoms with van der Waals surface area (Å²) in [6, 6.07) is 3.20. The third-order valence-electron chi connectivity index (χ3n) is 3.95. The van der Waals surface area contributed by atoms with Gasteiger partial charge >= 0.3 is 0 Å². The summed E-state index contributed by atoms with van der Waals surface area (Å²) in [7, 11) is 0. The number of rotatable bonds is 2. The third kappa shape index (κ3) is 2.16. The largest absolute Gasteiger partial charge is 0.395 e. The van der Waals surface area contributed by atoms with Crippen molar-refractivity contribution in [1.29, 1.82) is 5.26 Å². The van der Waals surface area contributed by atoms with Crippen LogP contribution < -0.4 is 0 Å². The molecule has 2 fully saturated rings. The van der Waals surface area contributed by atoms with Gasteiger partial charge in [0.25, 0.3) is 0 Å². The van der Waals surface area contributed by atoms with Gasteiger partial charge in [0.2, 0.25) is 0 Å². The average Bonchev–Trinajstić information content (AvgIpc) is 2.76. The lowest BCUT2D eigenvalue weighted by Crippen LogP contribution is -2.46. The van der Waals surface area contributed by atoms with E-state index in [0.29, 0.717) is 12.1 Å². The molecule has 1 N–H and O–H groups in total. The zero-order chi connectivity index (χ0) is 10.7. The van der Waals surface area contributed by atoms with Crippen LogP contribution in [0.25, 0.3) is 0 Å². The predicted molar refractivity (Wildman–Crippen MR) is 58.2 cm³/mol. The number of aliphatic hydroxyl groups is 1. The highest BCUT2D eigenvalue weighted by Crippen LogP contribution is 2.32. The molecular formula is C12H20N2O. The quantitative estimate of drug-likeness (QED) is 0.748. The number of hydrogen-bond acceptors (Lipinski definition) is 3. The van der Waals surface area contributed by atoms with E-state index >= 15 is 0 Å². The van der Waals surface area contributed by atoms with Crippen LogP contribution in [-0.2, 0) is 0 Å². The number of nitrogens with zero attached hydrogens (tertiary/aromatic N) is 2. The lowest BCUT2D eigenvalue weighted by Gasteiger charge is -2.37. The maximum absolute atomic E-state index is 9.30. The molecule has 0 aromatic rings. The van der Waals surface area contributed by atoms with E-state index in [2.05, 4.69) is 11.0 Å². The van der Waals surface area contributed by atoms with Gasteiger partial charge in [0.15, 0.2) is 0 Å². The van der Waals surface area contributed by atoms with Crippen LogP contribution in [0.2, 0.25) is 0 Å². The zero-order valence-electron chi connectivity index (χ0n) is 9.23. The van der Waals surface area contributed by atoms with Crippen molar-refractivity contribution in [1.82, 2.24) is 4.90 Å². The van der Waals surface area contributed by atoms with Gasteiger partial charge in [-0.25, -0.2) is 0 Å². The molecular weight excluding hydrogens is 188 g/mol. The predicted octanol–water partition coefficient (Wildman–Crippen LogP) is 1.53. The summed E-state index contributed by atoms with van der Waals surface area (Å²) in [5.74, 6) is 0.200. The number of nitriles is 1.